The number of dihydropyridines is 1. The predicted octanol–water partition coefficient (Wildman–Crippen LogP) is 2.48. The molecular formula is C18H15N3O. The average molecular weight is 289 g/mol. The second-order valence-electron chi connectivity index (χ2n) is 4.72. The molecule has 0 spiro atoms. The van der Waals surface area contributed by atoms with Crippen LogP contribution in [-0.2, 0) is 10.5 Å². The van der Waals surface area contributed by atoms with Crippen LogP contribution in [-0.4, -0.2) is 16.6 Å². The first-order valence-electron chi connectivity index (χ1n) is 6.91. The molecule has 22 heavy (non-hydrogen) atoms. The van der Waals surface area contributed by atoms with Crippen LogP contribution in [0.25, 0.3) is 5.57 Å². The normalized spacial score (nSPS) is 19.9. The average Bonchev–Trinajstić information content (AvgIpc) is 2.61. The Balaban J connectivity index is 2.14. The minimum atomic E-state index is -0.925. The predicted molar refractivity (Wildman–Crippen MR) is 85.2 cm³/mol. The molecule has 1 aliphatic rings. The third-order valence-corrected chi connectivity index (χ3v) is 3.42. The van der Waals surface area contributed by atoms with Crippen molar-refractivity contribution in [3.8, 4) is 12.3 Å². The van der Waals surface area contributed by atoms with Gasteiger partial charge >= 0.3 is 0 Å². The van der Waals surface area contributed by atoms with E-state index < -0.39 is 5.72 Å². The maximum Gasteiger partial charge on any atom is 0.210 e. The number of hydrogen-bond acceptors (Lipinski definition) is 4. The summed E-state index contributed by atoms with van der Waals surface area (Å²) >= 11 is 0. The van der Waals surface area contributed by atoms with Gasteiger partial charge in [-0.3, -0.25) is 0 Å². The molecule has 2 heterocycles. The summed E-state index contributed by atoms with van der Waals surface area (Å²) in [5, 5.41) is 3.28. The molecule has 0 saturated carbocycles. The Morgan fingerprint density at radius 1 is 1.23 bits per heavy atom. The number of rotatable bonds is 4. The summed E-state index contributed by atoms with van der Waals surface area (Å²) in [4.78, 5) is 8.34. The summed E-state index contributed by atoms with van der Waals surface area (Å²) in [6.07, 6.45) is 14.3. The molecule has 4 nitrogen and oxygen atoms in total. The van der Waals surface area contributed by atoms with E-state index in [1.54, 1.807) is 6.20 Å². The van der Waals surface area contributed by atoms with Gasteiger partial charge in [-0.2, -0.15) is 0 Å². The van der Waals surface area contributed by atoms with E-state index in [0.717, 1.165) is 11.1 Å². The molecule has 1 unspecified atom stereocenters. The highest BCUT2D eigenvalue weighted by molar-refractivity contribution is 5.75. The highest BCUT2D eigenvalue weighted by Crippen LogP contribution is 2.38. The van der Waals surface area contributed by atoms with Crippen molar-refractivity contribution >= 4 is 5.57 Å². The van der Waals surface area contributed by atoms with Crippen molar-refractivity contribution in [2.24, 2.45) is 0 Å². The second-order valence-corrected chi connectivity index (χ2v) is 4.72. The van der Waals surface area contributed by atoms with Gasteiger partial charge in [0.1, 0.15) is 18.6 Å². The van der Waals surface area contributed by atoms with Gasteiger partial charge < -0.3 is 10.1 Å². The zero-order valence-corrected chi connectivity index (χ0v) is 11.9. The first-order chi connectivity index (χ1) is 10.9. The number of allylic oxidation sites excluding steroid dienone is 2. The molecular weight excluding hydrogens is 274 g/mol. The molecule has 0 fully saturated rings. The first-order valence-corrected chi connectivity index (χ1v) is 6.91. The zero-order valence-electron chi connectivity index (χ0n) is 11.9. The summed E-state index contributed by atoms with van der Waals surface area (Å²) in [5.74, 6) is 2.52. The number of nitrogens with one attached hydrogen (secondary N) is 1. The molecule has 0 bridgehead atoms. The van der Waals surface area contributed by atoms with Crippen molar-refractivity contribution in [3.05, 3.63) is 78.5 Å². The molecule has 0 aliphatic carbocycles. The van der Waals surface area contributed by atoms with Crippen molar-refractivity contribution in [3.63, 3.8) is 0 Å². The highest BCUT2D eigenvalue weighted by atomic mass is 16.5. The lowest BCUT2D eigenvalue weighted by atomic mass is 9.90. The topological polar surface area (TPSA) is 47.0 Å². The van der Waals surface area contributed by atoms with Crippen LogP contribution in [0, 0.1) is 12.3 Å². The number of aromatic nitrogens is 2. The van der Waals surface area contributed by atoms with Gasteiger partial charge in [-0.15, -0.1) is 6.42 Å². The van der Waals surface area contributed by atoms with Crippen molar-refractivity contribution in [2.75, 3.05) is 6.61 Å². The number of ether oxygens (including phenoxy) is 1. The van der Waals surface area contributed by atoms with E-state index in [4.69, 9.17) is 11.2 Å². The summed E-state index contributed by atoms with van der Waals surface area (Å²) in [6, 6.07) is 11.8. The summed E-state index contributed by atoms with van der Waals surface area (Å²) < 4.78 is 6.02. The molecule has 1 atom stereocenters. The Bertz CT molecular complexity index is 732. The van der Waals surface area contributed by atoms with Crippen LogP contribution in [0.2, 0.25) is 0 Å². The fraction of sp³-hybridized carbons (Fsp3) is 0.111. The Morgan fingerprint density at radius 2 is 2.09 bits per heavy atom. The summed E-state index contributed by atoms with van der Waals surface area (Å²) in [7, 11) is 0. The lowest BCUT2D eigenvalue weighted by molar-refractivity contribution is -0.00499. The third-order valence-electron chi connectivity index (χ3n) is 3.42. The maximum absolute atomic E-state index is 6.02. The van der Waals surface area contributed by atoms with Gasteiger partial charge in [0.05, 0.1) is 0 Å². The van der Waals surface area contributed by atoms with E-state index in [-0.39, 0.29) is 6.61 Å². The minimum Gasteiger partial charge on any atom is -0.355 e. The van der Waals surface area contributed by atoms with Crippen LogP contribution >= 0.6 is 0 Å². The largest absolute Gasteiger partial charge is 0.355 e. The van der Waals surface area contributed by atoms with Crippen LogP contribution in [0.5, 0.6) is 0 Å². The lowest BCUT2D eigenvalue weighted by Crippen LogP contribution is -2.45. The van der Waals surface area contributed by atoms with Crippen LogP contribution in [0.3, 0.4) is 0 Å². The van der Waals surface area contributed by atoms with Gasteiger partial charge in [0.15, 0.2) is 0 Å². The van der Waals surface area contributed by atoms with Crippen LogP contribution < -0.4 is 5.32 Å². The third kappa shape index (κ3) is 2.50. The smallest absolute Gasteiger partial charge is 0.210 e. The molecule has 0 saturated heterocycles. The Morgan fingerprint density at radius 3 is 2.82 bits per heavy atom. The molecule has 0 radical (unpaired) electrons. The number of benzene rings is 1. The quantitative estimate of drug-likeness (QED) is 0.878. The van der Waals surface area contributed by atoms with Gasteiger partial charge in [0.2, 0.25) is 5.72 Å². The van der Waals surface area contributed by atoms with E-state index in [9.17, 15) is 0 Å². The van der Waals surface area contributed by atoms with Gasteiger partial charge in [0.25, 0.3) is 0 Å². The molecule has 108 valence electrons. The highest BCUT2D eigenvalue weighted by Gasteiger charge is 2.39. The van der Waals surface area contributed by atoms with Crippen molar-refractivity contribution in [2.45, 2.75) is 5.72 Å². The molecule has 1 aromatic carbocycles. The Labute approximate surface area is 129 Å². The zero-order chi connectivity index (χ0) is 15.3. The van der Waals surface area contributed by atoms with Crippen molar-refractivity contribution in [1.29, 1.82) is 0 Å². The maximum atomic E-state index is 6.02. The molecule has 1 aromatic heterocycles. The van der Waals surface area contributed by atoms with E-state index in [1.165, 1.54) is 6.33 Å². The first kappa shape index (κ1) is 14.1. The molecule has 4 heteroatoms. The molecule has 1 N–H and O–H groups in total. The summed E-state index contributed by atoms with van der Waals surface area (Å²) in [5.41, 5.74) is 1.77. The molecule has 0 amide bonds. The van der Waals surface area contributed by atoms with E-state index in [2.05, 4.69) is 21.2 Å². The van der Waals surface area contributed by atoms with E-state index in [0.29, 0.717) is 5.69 Å². The van der Waals surface area contributed by atoms with Gasteiger partial charge in [-0.05, 0) is 23.9 Å². The van der Waals surface area contributed by atoms with Crippen LogP contribution in [0.1, 0.15) is 11.3 Å². The SMILES string of the molecule is C#CCOC1(c2ccncn2)NC=CC=C1c1ccccc1. The standard InChI is InChI=1S/C18H15N3O/c1-2-13-22-18(17-10-12-19-14-20-17)16(9-6-11-21-18)15-7-4-3-5-8-15/h1,3-12,14,21H,13H2. The Hall–Kier alpha value is -2.90. The lowest BCUT2D eigenvalue weighted by Gasteiger charge is -2.37. The van der Waals surface area contributed by atoms with Crippen LogP contribution in [0.15, 0.2) is 67.3 Å². The second kappa shape index (κ2) is 6.25. The van der Waals surface area contributed by atoms with Crippen LogP contribution in [0.4, 0.5) is 0 Å². The minimum absolute atomic E-state index is 0.162. The van der Waals surface area contributed by atoms with Gasteiger partial charge in [-0.25, -0.2) is 9.97 Å². The van der Waals surface area contributed by atoms with Crippen molar-refractivity contribution < 1.29 is 4.74 Å². The fourth-order valence-electron chi connectivity index (χ4n) is 2.48. The number of nitrogens with zero attached hydrogens (tertiary/aromatic N) is 2. The van der Waals surface area contributed by atoms with Gasteiger partial charge in [0, 0.05) is 11.8 Å². The van der Waals surface area contributed by atoms with Gasteiger partial charge in [-0.1, -0.05) is 42.3 Å². The molecule has 1 aliphatic heterocycles. The monoisotopic (exact) mass is 289 g/mol. The van der Waals surface area contributed by atoms with E-state index in [1.807, 2.05) is 54.8 Å². The van der Waals surface area contributed by atoms with Crippen molar-refractivity contribution in [1.82, 2.24) is 15.3 Å². The number of hydrogen-bond donors (Lipinski definition) is 1. The molecule has 2 aromatic rings. The summed E-state index contributed by atoms with van der Waals surface area (Å²) in [6.45, 7) is 0.162. The molecule has 3 rings (SSSR count). The Kier molecular flexibility index (Phi) is 3.99. The number of terminal acetylenes is 1. The fourth-order valence-corrected chi connectivity index (χ4v) is 2.48. The van der Waals surface area contributed by atoms with E-state index >= 15 is 0 Å².